The highest BCUT2D eigenvalue weighted by molar-refractivity contribution is 14.1. The van der Waals surface area contributed by atoms with Crippen LogP contribution >= 0.6 is 45.2 Å². The van der Waals surface area contributed by atoms with Crippen LogP contribution in [0.2, 0.25) is 0 Å². The van der Waals surface area contributed by atoms with E-state index in [-0.39, 0.29) is 65.1 Å². The molecule has 0 saturated heterocycles. The highest BCUT2D eigenvalue weighted by atomic mass is 127. The van der Waals surface area contributed by atoms with Crippen molar-refractivity contribution in [1.82, 2.24) is 121 Å². The fourth-order valence-corrected chi connectivity index (χ4v) is 19.0. The first-order valence-electron chi connectivity index (χ1n) is 42.4. The van der Waals surface area contributed by atoms with Gasteiger partial charge in [0.2, 0.25) is 0 Å². The summed E-state index contributed by atoms with van der Waals surface area (Å²) in [6.07, 6.45) is 35.8. The summed E-state index contributed by atoms with van der Waals surface area (Å²) in [4.78, 5) is 116. The molecule has 0 atom stereocenters. The Morgan fingerprint density at radius 2 is 0.894 bits per heavy atom. The summed E-state index contributed by atoms with van der Waals surface area (Å²) in [5.41, 5.74) is 14.0. The molecule has 22 rings (SSSR count). The van der Waals surface area contributed by atoms with E-state index >= 15 is 8.78 Å². The van der Waals surface area contributed by atoms with E-state index in [1.165, 1.54) is 116 Å². The van der Waals surface area contributed by atoms with Gasteiger partial charge < -0.3 is 25.8 Å². The number of nitrogens with two attached hydrogens (primary N) is 1. The van der Waals surface area contributed by atoms with Gasteiger partial charge in [-0.1, -0.05) is 89.1 Å². The number of fused-ring (bicyclic) bond motifs is 9. The molecule has 0 saturated carbocycles. The molecule has 22 aromatic rings. The number of carbonyl (C=O) groups is 2. The van der Waals surface area contributed by atoms with E-state index in [0.717, 1.165) is 75.6 Å². The number of aliphatic hydroxyl groups excluding tert-OH is 1. The number of aromatic amines is 3. The Labute approximate surface area is 830 Å². The third-order valence-electron chi connectivity index (χ3n) is 22.3. The predicted octanol–water partition coefficient (Wildman–Crippen LogP) is 15.2. The SMILES string of the molecule is CC(C)(C)c1cc(F)c2c(=O)n(-c3cccc(-n4cc(C#N)c5cncnc54)c3C=O)ncc2c1.CC(C)(C)c1cc(F)c2c(=O)n(-c3cccc(-n4cc(C(N)=O)c5cncnc54)c3CO)ncc2c1.Cc1ccc(S(=O)(=O)n2cc(C#N)c3cncnc32)cc1.Cc1ccc(S(=O)(=O)n2cc(I)c3cncnc32)cc1.Ic1c[nH]c2ncncc12.N#Cc1c[nH]c2ncncc12.c1ncc2cc[nH]c2n1. The molecule has 16 aromatic heterocycles. The molecule has 706 valence electrons. The van der Waals surface area contributed by atoms with Crippen LogP contribution in [0.15, 0.2) is 278 Å². The minimum atomic E-state index is -3.80. The third-order valence-corrected chi connectivity index (χ3v) is 27.4. The van der Waals surface area contributed by atoms with Gasteiger partial charge in [-0.3, -0.25) is 28.3 Å². The molecule has 6 aromatic carbocycles. The minimum Gasteiger partial charge on any atom is -0.392 e. The molecule has 0 unspecified atom stereocenters. The maximum absolute atomic E-state index is 15.2. The van der Waals surface area contributed by atoms with Gasteiger partial charge in [0.05, 0.1) is 122 Å². The summed E-state index contributed by atoms with van der Waals surface area (Å²) in [6, 6.07) is 37.4. The Morgan fingerprint density at radius 3 is 1.42 bits per heavy atom. The van der Waals surface area contributed by atoms with Crippen LogP contribution in [-0.4, -0.2) is 156 Å². The number of amides is 1. The lowest BCUT2D eigenvalue weighted by Gasteiger charge is -2.20. The zero-order chi connectivity index (χ0) is 101. The minimum absolute atomic E-state index is 0.0949. The Hall–Kier alpha value is -17.3. The Kier molecular flexibility index (Phi) is 28.1. The van der Waals surface area contributed by atoms with Gasteiger partial charge in [0.1, 0.15) is 102 Å². The molecule has 44 heteroatoms. The Morgan fingerprint density at radius 1 is 0.465 bits per heavy atom. The summed E-state index contributed by atoms with van der Waals surface area (Å²) < 4.78 is 90.4. The zero-order valence-electron chi connectivity index (χ0n) is 75.8. The first-order chi connectivity index (χ1) is 68.1. The molecule has 6 N–H and O–H groups in total. The van der Waals surface area contributed by atoms with Crippen LogP contribution in [0.1, 0.15) is 107 Å². The number of aromatic nitrogens is 25. The van der Waals surface area contributed by atoms with Crippen molar-refractivity contribution in [2.24, 2.45) is 5.73 Å². The number of nitrogens with zero attached hydrogens (tertiary/aromatic N) is 25. The van der Waals surface area contributed by atoms with Crippen LogP contribution < -0.4 is 16.9 Å². The molecular formula is C98H75F2I2N29O9S2. The highest BCUT2D eigenvalue weighted by Gasteiger charge is 2.29. The quantitative estimate of drug-likeness (QED) is 0.0593. The van der Waals surface area contributed by atoms with Crippen molar-refractivity contribution in [3.05, 3.63) is 354 Å². The summed E-state index contributed by atoms with van der Waals surface area (Å²) in [5, 5.41) is 51.7. The number of rotatable bonds is 11. The van der Waals surface area contributed by atoms with Gasteiger partial charge >= 0.3 is 0 Å². The number of aldehydes is 1. The van der Waals surface area contributed by atoms with Gasteiger partial charge in [0, 0.05) is 116 Å². The van der Waals surface area contributed by atoms with Crippen molar-refractivity contribution in [2.45, 2.75) is 82.6 Å². The molecule has 0 fully saturated rings. The van der Waals surface area contributed by atoms with E-state index in [9.17, 15) is 46.4 Å². The molecule has 0 aliphatic rings. The van der Waals surface area contributed by atoms with E-state index in [1.54, 1.807) is 137 Å². The van der Waals surface area contributed by atoms with Crippen LogP contribution in [0.25, 0.3) is 122 Å². The van der Waals surface area contributed by atoms with Crippen molar-refractivity contribution >= 4 is 176 Å². The third kappa shape index (κ3) is 19.7. The molecule has 0 spiro atoms. The van der Waals surface area contributed by atoms with Crippen LogP contribution in [0.4, 0.5) is 8.78 Å². The van der Waals surface area contributed by atoms with E-state index in [2.05, 4.69) is 146 Å². The van der Waals surface area contributed by atoms with Gasteiger partial charge in [-0.25, -0.2) is 103 Å². The van der Waals surface area contributed by atoms with E-state index in [0.29, 0.717) is 83.9 Å². The van der Waals surface area contributed by atoms with Gasteiger partial charge in [0.25, 0.3) is 37.1 Å². The van der Waals surface area contributed by atoms with Gasteiger partial charge in [-0.05, 0) is 160 Å². The molecule has 0 aliphatic heterocycles. The topological polar surface area (TPSA) is 537 Å². The van der Waals surface area contributed by atoms with Crippen molar-refractivity contribution in [2.75, 3.05) is 0 Å². The maximum atomic E-state index is 15.2. The van der Waals surface area contributed by atoms with Crippen molar-refractivity contribution in [3.63, 3.8) is 0 Å². The first kappa shape index (κ1) is 97.8. The van der Waals surface area contributed by atoms with Crippen LogP contribution in [0, 0.1) is 66.6 Å². The number of halogens is 4. The second-order valence-corrected chi connectivity index (χ2v) is 39.3. The fraction of sp³-hybridized carbons (Fsp3) is 0.112. The lowest BCUT2D eigenvalue weighted by Crippen LogP contribution is -2.24. The Balaban J connectivity index is 0.000000126. The summed E-state index contributed by atoms with van der Waals surface area (Å²) in [7, 11) is -7.44. The van der Waals surface area contributed by atoms with Crippen molar-refractivity contribution < 1.29 is 40.3 Å². The van der Waals surface area contributed by atoms with E-state index < -0.39 is 55.3 Å². The highest BCUT2D eigenvalue weighted by Crippen LogP contribution is 2.35. The van der Waals surface area contributed by atoms with Crippen LogP contribution in [-0.2, 0) is 37.5 Å². The van der Waals surface area contributed by atoms with E-state index in [4.69, 9.17) is 16.3 Å². The number of carbonyl (C=O) groups excluding carboxylic acids is 2. The largest absolute Gasteiger partial charge is 0.392 e. The molecule has 0 aliphatic carbocycles. The number of nitrogens with one attached hydrogen (secondary N) is 3. The normalized spacial score (nSPS) is 11.4. The van der Waals surface area contributed by atoms with Crippen molar-refractivity contribution in [3.8, 4) is 41.0 Å². The van der Waals surface area contributed by atoms with E-state index in [1.807, 2.05) is 86.0 Å². The molecule has 142 heavy (non-hydrogen) atoms. The fourth-order valence-electron chi connectivity index (χ4n) is 15.0. The van der Waals surface area contributed by atoms with Gasteiger partial charge in [-0.15, -0.1) is 0 Å². The zero-order valence-corrected chi connectivity index (χ0v) is 81.8. The number of nitriles is 3. The monoisotopic (exact) mass is 2160 g/mol. The maximum Gasteiger partial charge on any atom is 0.282 e. The standard InChI is InChI=1S/C26H23FN6O3.C26H19FN6O2.C14H10N4O2S.C13H10IN3O2S.C7H4N4.C6H4IN3.C6H5N3/c1-26(2,3)15-7-14-9-31-33(25(36)22(14)19(27)8-15)21-6-4-5-20(18(21)12-34)32-11-17(23(28)35)16-10-29-13-30-24(16)32;1-26(2,3)17-7-15-10-31-33(25(35)23(15)20(27)8-17)22-6-4-5-21(19(22)13-34)32-12-16(9-28)18-11-29-14-30-24(18)32;1-10-2-4-12(5-3-10)21(19,20)18-8-11(6-15)13-7-16-9-17-14(13)18;1-9-2-4-10(5-3-9)20(18,19)17-7-12(14)11-6-15-8-16-13(11)17;8-1-5-2-10-7-6(5)3-9-4-11-7;7-5-2-9-6-4(5)1-8-3-10-6;1-2-8-6-5(1)3-7-4-9-6/h4-11,13,34H,12H2,1-3H3,(H2,28,35);4-8,10-14H,1-3H3;2-5,7-9H,1H3;2-8H,1H3;2-4H,(H,9,10,11);1-3H,(H,8,9,10);1-4H,(H,7,8,9). The molecular weight excluding hydrogens is 2080 g/mol. The van der Waals surface area contributed by atoms with Crippen LogP contribution in [0.5, 0.6) is 0 Å². The average molecular weight is 2160 g/mol. The first-order valence-corrected chi connectivity index (χ1v) is 47.4. The average Bonchev–Trinajstić information content (AvgIpc) is 1.46. The number of H-pyrrole nitrogens is 3. The van der Waals surface area contributed by atoms with Crippen molar-refractivity contribution in [1.29, 1.82) is 15.8 Å². The number of benzene rings is 6. The molecule has 0 radical (unpaired) electrons. The summed E-state index contributed by atoms with van der Waals surface area (Å²) in [5.74, 6) is -1.95. The number of hydrogen-bond donors (Lipinski definition) is 5. The summed E-state index contributed by atoms with van der Waals surface area (Å²) >= 11 is 4.32. The van der Waals surface area contributed by atoms with Gasteiger partial charge in [-0.2, -0.15) is 35.3 Å². The molecule has 38 nitrogen and oxygen atoms in total. The number of aryl methyl sites for hydroxylation is 2. The second kappa shape index (κ2) is 40.8. The molecule has 0 bridgehead atoms. The second-order valence-electron chi connectivity index (χ2n) is 33.4. The lowest BCUT2D eigenvalue weighted by molar-refractivity contribution is 0.100. The Bertz CT molecular complexity index is 9180. The lowest BCUT2D eigenvalue weighted by atomic mass is 9.86. The molecule has 16 heterocycles. The predicted molar refractivity (Wildman–Crippen MR) is 540 cm³/mol. The number of primary amides is 1. The number of hydrogen-bond acceptors (Lipinski definition) is 28. The molecule has 1 amide bonds. The van der Waals surface area contributed by atoms with Crippen LogP contribution in [0.3, 0.4) is 0 Å². The van der Waals surface area contributed by atoms with Gasteiger partial charge in [0.15, 0.2) is 17.6 Å². The smallest absolute Gasteiger partial charge is 0.282 e. The number of aliphatic hydroxyl groups is 1. The summed E-state index contributed by atoms with van der Waals surface area (Å²) in [6.45, 7) is 15.1.